The maximum absolute atomic E-state index is 14.8. The Labute approximate surface area is 208 Å². The van der Waals surface area contributed by atoms with Crippen molar-refractivity contribution in [3.05, 3.63) is 46.6 Å². The third-order valence-corrected chi connectivity index (χ3v) is 8.18. The molecule has 0 aliphatic heterocycles. The zero-order valence-corrected chi connectivity index (χ0v) is 21.0. The molecule has 0 nitrogen and oxygen atoms in total. The number of hydrogen-bond acceptors (Lipinski definition) is 0. The normalized spacial score (nSPS) is 31.7. The van der Waals surface area contributed by atoms with Gasteiger partial charge in [-0.1, -0.05) is 39.5 Å². The summed E-state index contributed by atoms with van der Waals surface area (Å²) in [5.41, 5.74) is -3.67. The van der Waals surface area contributed by atoms with Crippen LogP contribution in [0, 0.1) is 23.7 Å². The molecule has 0 spiro atoms. The van der Waals surface area contributed by atoms with Gasteiger partial charge in [-0.3, -0.25) is 0 Å². The van der Waals surface area contributed by atoms with Crippen molar-refractivity contribution in [2.45, 2.75) is 103 Å². The Morgan fingerprint density at radius 1 is 0.611 bits per heavy atom. The molecule has 3 aliphatic rings. The van der Waals surface area contributed by atoms with Crippen molar-refractivity contribution in [3.8, 4) is 0 Å². The van der Waals surface area contributed by atoms with Gasteiger partial charge < -0.3 is 0 Å². The molecule has 0 aromatic rings. The summed E-state index contributed by atoms with van der Waals surface area (Å²) in [5.74, 6) is -18.7. The van der Waals surface area contributed by atoms with E-state index in [2.05, 4.69) is 0 Å². The number of halogens is 8. The third kappa shape index (κ3) is 5.77. The van der Waals surface area contributed by atoms with Crippen LogP contribution in [-0.4, -0.2) is 11.8 Å². The van der Waals surface area contributed by atoms with Gasteiger partial charge >= 0.3 is 11.8 Å². The SMILES string of the molecule is CCCC1CCC(/C(F)=C(\F)C2=CC=C(/C(F)=C(\F)C3CCC(CCC)CC3)C(F)(F)C2(F)F)CC1. The van der Waals surface area contributed by atoms with E-state index < -0.39 is 58.1 Å². The highest BCUT2D eigenvalue weighted by Crippen LogP contribution is 2.54. The number of alkyl halides is 4. The average molecular weight is 525 g/mol. The van der Waals surface area contributed by atoms with Gasteiger partial charge in [0.25, 0.3) is 0 Å². The van der Waals surface area contributed by atoms with Crippen molar-refractivity contribution in [2.24, 2.45) is 23.7 Å². The van der Waals surface area contributed by atoms with E-state index in [0.29, 0.717) is 37.5 Å². The predicted octanol–water partition coefficient (Wildman–Crippen LogP) is 10.6. The summed E-state index contributed by atoms with van der Waals surface area (Å²) in [6, 6.07) is 0. The van der Waals surface area contributed by atoms with Gasteiger partial charge in [0.2, 0.25) is 0 Å². The standard InChI is InChI=1S/C28H36F8/c1-3-5-17-7-11-19(12-8-17)23(29)25(31)21-15-16-22(28(35,36)27(21,33)34)26(32)24(30)20-13-9-18(6-4-2)10-14-20/h15-20H,3-14H2,1-2H3/b25-23+,26-24+. The highest BCUT2D eigenvalue weighted by atomic mass is 19.3. The zero-order chi connectivity index (χ0) is 26.7. The molecule has 0 unspecified atom stereocenters. The summed E-state index contributed by atoms with van der Waals surface area (Å²) in [5, 5.41) is 0. The lowest BCUT2D eigenvalue weighted by Crippen LogP contribution is -2.46. The molecule has 2 saturated carbocycles. The average Bonchev–Trinajstić information content (AvgIpc) is 2.85. The molecule has 8 heteroatoms. The van der Waals surface area contributed by atoms with Crippen molar-refractivity contribution in [3.63, 3.8) is 0 Å². The summed E-state index contributed by atoms with van der Waals surface area (Å²) in [6.07, 6.45) is 7.63. The third-order valence-electron chi connectivity index (χ3n) is 8.18. The van der Waals surface area contributed by atoms with Crippen molar-refractivity contribution in [2.75, 3.05) is 0 Å². The Kier molecular flexibility index (Phi) is 9.53. The number of rotatable bonds is 8. The smallest absolute Gasteiger partial charge is 0.208 e. The van der Waals surface area contributed by atoms with E-state index in [1.807, 2.05) is 13.8 Å². The molecular weight excluding hydrogens is 488 g/mol. The molecule has 3 aliphatic carbocycles. The van der Waals surface area contributed by atoms with Gasteiger partial charge in [0.05, 0.1) is 11.1 Å². The van der Waals surface area contributed by atoms with Crippen molar-refractivity contribution in [1.82, 2.24) is 0 Å². The lowest BCUT2D eigenvalue weighted by Gasteiger charge is -2.33. The fourth-order valence-corrected chi connectivity index (χ4v) is 5.98. The Hall–Kier alpha value is -1.60. The zero-order valence-electron chi connectivity index (χ0n) is 21.0. The topological polar surface area (TPSA) is 0 Å². The minimum Gasteiger partial charge on any atom is -0.208 e. The minimum atomic E-state index is -5.24. The lowest BCUT2D eigenvalue weighted by molar-refractivity contribution is -0.162. The molecule has 0 aromatic heterocycles. The second kappa shape index (κ2) is 11.8. The van der Waals surface area contributed by atoms with Crippen LogP contribution >= 0.6 is 0 Å². The Balaban J connectivity index is 1.85. The largest absolute Gasteiger partial charge is 0.342 e. The van der Waals surface area contributed by atoms with E-state index in [4.69, 9.17) is 0 Å². The van der Waals surface area contributed by atoms with Crippen LogP contribution in [0.2, 0.25) is 0 Å². The van der Waals surface area contributed by atoms with Gasteiger partial charge in [0, 0.05) is 11.8 Å². The quantitative estimate of drug-likeness (QED) is 0.277. The van der Waals surface area contributed by atoms with Crippen LogP contribution in [0.25, 0.3) is 0 Å². The molecule has 0 amide bonds. The van der Waals surface area contributed by atoms with Crippen LogP contribution in [0.1, 0.15) is 90.9 Å². The lowest BCUT2D eigenvalue weighted by atomic mass is 9.78. The summed E-state index contributed by atoms with van der Waals surface area (Å²) in [6.45, 7) is 4.02. The Morgan fingerprint density at radius 2 is 0.917 bits per heavy atom. The Bertz CT molecular complexity index is 821. The van der Waals surface area contributed by atoms with Crippen LogP contribution < -0.4 is 0 Å². The monoisotopic (exact) mass is 524 g/mol. The molecule has 0 saturated heterocycles. The van der Waals surface area contributed by atoms with Gasteiger partial charge in [0.15, 0.2) is 11.7 Å². The van der Waals surface area contributed by atoms with Gasteiger partial charge in [0.1, 0.15) is 11.7 Å². The van der Waals surface area contributed by atoms with E-state index >= 15 is 0 Å². The first-order valence-corrected chi connectivity index (χ1v) is 13.2. The second-order valence-electron chi connectivity index (χ2n) is 10.6. The first-order valence-electron chi connectivity index (χ1n) is 13.2. The Morgan fingerprint density at radius 3 is 1.19 bits per heavy atom. The molecule has 2 fully saturated rings. The summed E-state index contributed by atoms with van der Waals surface area (Å²) < 4.78 is 119. The molecule has 204 valence electrons. The van der Waals surface area contributed by atoms with Crippen molar-refractivity contribution in [1.29, 1.82) is 0 Å². The molecule has 0 N–H and O–H groups in total. The van der Waals surface area contributed by atoms with Gasteiger partial charge in [-0.15, -0.1) is 0 Å². The minimum absolute atomic E-state index is 0.239. The van der Waals surface area contributed by atoms with Crippen LogP contribution in [0.15, 0.2) is 46.6 Å². The highest BCUT2D eigenvalue weighted by molar-refractivity contribution is 5.51. The molecule has 3 rings (SSSR count). The van der Waals surface area contributed by atoms with Gasteiger partial charge in [-0.2, -0.15) is 17.6 Å². The maximum atomic E-state index is 14.8. The highest BCUT2D eigenvalue weighted by Gasteiger charge is 2.64. The van der Waals surface area contributed by atoms with E-state index in [1.54, 1.807) is 0 Å². The summed E-state index contributed by atoms with van der Waals surface area (Å²) in [7, 11) is 0. The fourth-order valence-electron chi connectivity index (χ4n) is 5.98. The maximum Gasteiger partial charge on any atom is 0.342 e. The molecule has 36 heavy (non-hydrogen) atoms. The van der Waals surface area contributed by atoms with Gasteiger partial charge in [-0.05, 0) is 75.4 Å². The fraction of sp³-hybridized carbons (Fsp3) is 0.714. The first-order chi connectivity index (χ1) is 16.9. The number of allylic oxidation sites excluding steroid dienone is 8. The van der Waals surface area contributed by atoms with E-state index in [-0.39, 0.29) is 37.8 Å². The van der Waals surface area contributed by atoms with Crippen LogP contribution in [0.5, 0.6) is 0 Å². The van der Waals surface area contributed by atoms with Gasteiger partial charge in [-0.25, -0.2) is 17.6 Å². The summed E-state index contributed by atoms with van der Waals surface area (Å²) >= 11 is 0. The predicted molar refractivity (Wildman–Crippen MR) is 125 cm³/mol. The van der Waals surface area contributed by atoms with Crippen LogP contribution in [-0.2, 0) is 0 Å². The van der Waals surface area contributed by atoms with Crippen LogP contribution in [0.3, 0.4) is 0 Å². The molecule has 0 heterocycles. The molecule has 0 aromatic carbocycles. The van der Waals surface area contributed by atoms with E-state index in [9.17, 15) is 35.1 Å². The molecule has 0 atom stereocenters. The second-order valence-corrected chi connectivity index (χ2v) is 10.6. The molecule has 0 radical (unpaired) electrons. The molecule has 0 bridgehead atoms. The van der Waals surface area contributed by atoms with E-state index in [0.717, 1.165) is 25.7 Å². The van der Waals surface area contributed by atoms with E-state index in [1.165, 1.54) is 0 Å². The first kappa shape index (κ1) is 29.0. The van der Waals surface area contributed by atoms with Crippen molar-refractivity contribution < 1.29 is 35.1 Å². The van der Waals surface area contributed by atoms with Crippen LogP contribution in [0.4, 0.5) is 35.1 Å². The molecular formula is C28H36F8. The number of hydrogen-bond donors (Lipinski definition) is 0. The summed E-state index contributed by atoms with van der Waals surface area (Å²) in [4.78, 5) is 0. The van der Waals surface area contributed by atoms with Crippen molar-refractivity contribution >= 4 is 0 Å².